The summed E-state index contributed by atoms with van der Waals surface area (Å²) in [6, 6.07) is -0.00812. The average molecular weight is 214 g/mol. The van der Waals surface area contributed by atoms with E-state index in [9.17, 15) is 5.21 Å². The molecule has 1 atom stereocenters. The topological polar surface area (TPSA) is 59.6 Å². The molecule has 0 aliphatic carbocycles. The number of nitrogens with zero attached hydrogens (tertiary/aromatic N) is 1. The molecule has 5 nitrogen and oxygen atoms in total. The van der Waals surface area contributed by atoms with Gasteiger partial charge in [-0.2, -0.15) is 5.06 Å². The second-order valence-corrected chi connectivity index (χ2v) is 3.67. The maximum atomic E-state index is 9.72. The number of hydrogen-bond donors (Lipinski definition) is 4. The highest BCUT2D eigenvalue weighted by Gasteiger charge is 2.12. The molecule has 1 heterocycles. The molecular formula is C10H22N4O. The zero-order chi connectivity index (χ0) is 10.9. The van der Waals surface area contributed by atoms with Crippen molar-refractivity contribution in [2.75, 3.05) is 45.8 Å². The lowest BCUT2D eigenvalue weighted by Gasteiger charge is -2.24. The predicted octanol–water partition coefficient (Wildman–Crippen LogP) is -0.985. The van der Waals surface area contributed by atoms with Crippen LogP contribution in [0.5, 0.6) is 0 Å². The van der Waals surface area contributed by atoms with E-state index >= 15 is 0 Å². The molecule has 0 bridgehead atoms. The number of nitrogens with one attached hydrogen (secondary N) is 3. The van der Waals surface area contributed by atoms with Gasteiger partial charge in [-0.15, -0.1) is 6.58 Å². The summed E-state index contributed by atoms with van der Waals surface area (Å²) in [7, 11) is 0. The molecular weight excluding hydrogens is 192 g/mol. The molecule has 15 heavy (non-hydrogen) atoms. The molecule has 0 aromatic heterocycles. The van der Waals surface area contributed by atoms with Crippen molar-refractivity contribution in [3.05, 3.63) is 12.7 Å². The molecule has 1 saturated heterocycles. The van der Waals surface area contributed by atoms with Crippen molar-refractivity contribution in [1.82, 2.24) is 21.0 Å². The fourth-order valence-electron chi connectivity index (χ4n) is 1.52. The van der Waals surface area contributed by atoms with Gasteiger partial charge in [-0.05, 0) is 0 Å². The summed E-state index contributed by atoms with van der Waals surface area (Å²) in [6.45, 7) is 9.66. The quantitative estimate of drug-likeness (QED) is 0.423. The molecule has 1 rings (SSSR count). The zero-order valence-electron chi connectivity index (χ0n) is 9.21. The van der Waals surface area contributed by atoms with Gasteiger partial charge in [-0.25, -0.2) is 0 Å². The van der Waals surface area contributed by atoms with Gasteiger partial charge in [0.1, 0.15) is 0 Å². The predicted molar refractivity (Wildman–Crippen MR) is 61.1 cm³/mol. The molecule has 0 radical (unpaired) electrons. The van der Waals surface area contributed by atoms with Crippen molar-refractivity contribution in [1.29, 1.82) is 0 Å². The molecule has 0 spiro atoms. The van der Waals surface area contributed by atoms with E-state index in [1.807, 2.05) is 0 Å². The third kappa shape index (κ3) is 5.25. The van der Waals surface area contributed by atoms with Crippen molar-refractivity contribution in [3.8, 4) is 0 Å². The van der Waals surface area contributed by atoms with Gasteiger partial charge in [0.2, 0.25) is 0 Å². The second-order valence-electron chi connectivity index (χ2n) is 3.67. The molecule has 0 amide bonds. The Kier molecular flexibility index (Phi) is 6.54. The summed E-state index contributed by atoms with van der Waals surface area (Å²) in [5, 5.41) is 20.9. The van der Waals surface area contributed by atoms with Crippen LogP contribution in [-0.4, -0.2) is 62.1 Å². The summed E-state index contributed by atoms with van der Waals surface area (Å²) >= 11 is 0. The SMILES string of the molecule is C=CC1CNCCNCCNCCN1O. The molecule has 1 fully saturated rings. The Morgan fingerprint density at radius 3 is 2.33 bits per heavy atom. The van der Waals surface area contributed by atoms with Crippen molar-refractivity contribution in [2.45, 2.75) is 6.04 Å². The first-order chi connectivity index (χ1) is 7.34. The van der Waals surface area contributed by atoms with Gasteiger partial charge in [0, 0.05) is 45.8 Å². The maximum absolute atomic E-state index is 9.72. The van der Waals surface area contributed by atoms with Crippen LogP contribution in [0.15, 0.2) is 12.7 Å². The van der Waals surface area contributed by atoms with Crippen LogP contribution in [0.2, 0.25) is 0 Å². The number of hydrogen-bond acceptors (Lipinski definition) is 5. The largest absolute Gasteiger partial charge is 0.314 e. The van der Waals surface area contributed by atoms with Crippen molar-refractivity contribution in [2.24, 2.45) is 0 Å². The summed E-state index contributed by atoms with van der Waals surface area (Å²) in [5.74, 6) is 0. The fourth-order valence-corrected chi connectivity index (χ4v) is 1.52. The van der Waals surface area contributed by atoms with E-state index in [4.69, 9.17) is 0 Å². The van der Waals surface area contributed by atoms with Crippen molar-refractivity contribution in [3.63, 3.8) is 0 Å². The van der Waals surface area contributed by atoms with Crippen molar-refractivity contribution < 1.29 is 5.21 Å². The van der Waals surface area contributed by atoms with E-state index < -0.39 is 0 Å². The highest BCUT2D eigenvalue weighted by molar-refractivity contribution is 4.86. The average Bonchev–Trinajstić information content (AvgIpc) is 2.23. The summed E-state index contributed by atoms with van der Waals surface area (Å²) in [5.41, 5.74) is 0. The molecule has 1 unspecified atom stereocenters. The third-order valence-electron chi connectivity index (χ3n) is 2.48. The minimum atomic E-state index is -0.00812. The van der Waals surface area contributed by atoms with E-state index in [-0.39, 0.29) is 6.04 Å². The minimum absolute atomic E-state index is 0.00812. The Bertz CT molecular complexity index is 177. The Morgan fingerprint density at radius 2 is 1.67 bits per heavy atom. The van der Waals surface area contributed by atoms with E-state index in [0.29, 0.717) is 6.54 Å². The summed E-state index contributed by atoms with van der Waals surface area (Å²) in [6.07, 6.45) is 1.77. The zero-order valence-corrected chi connectivity index (χ0v) is 9.21. The first kappa shape index (κ1) is 12.6. The molecule has 88 valence electrons. The Labute approximate surface area is 91.5 Å². The maximum Gasteiger partial charge on any atom is 0.0652 e. The highest BCUT2D eigenvalue weighted by atomic mass is 16.5. The molecule has 1 aliphatic rings. The van der Waals surface area contributed by atoms with Gasteiger partial charge in [0.05, 0.1) is 6.04 Å². The Morgan fingerprint density at radius 1 is 1.07 bits per heavy atom. The lowest BCUT2D eigenvalue weighted by atomic mass is 10.2. The van der Waals surface area contributed by atoms with Crippen LogP contribution in [0, 0.1) is 0 Å². The highest BCUT2D eigenvalue weighted by Crippen LogP contribution is 1.95. The molecule has 0 saturated carbocycles. The normalized spacial score (nSPS) is 27.7. The Hall–Kier alpha value is -0.460. The molecule has 0 aromatic rings. The van der Waals surface area contributed by atoms with Crippen LogP contribution < -0.4 is 16.0 Å². The summed E-state index contributed by atoms with van der Waals surface area (Å²) in [4.78, 5) is 0. The Balaban J connectivity index is 2.34. The molecule has 5 heteroatoms. The van der Waals surface area contributed by atoms with E-state index in [1.54, 1.807) is 6.08 Å². The monoisotopic (exact) mass is 214 g/mol. The van der Waals surface area contributed by atoms with E-state index in [0.717, 1.165) is 39.3 Å². The van der Waals surface area contributed by atoms with Crippen LogP contribution in [0.3, 0.4) is 0 Å². The van der Waals surface area contributed by atoms with Gasteiger partial charge in [-0.1, -0.05) is 6.08 Å². The standard InChI is InChI=1S/C10H22N4O/c1-2-10-9-13-6-5-11-3-4-12-7-8-14(10)15/h2,10-13,15H,1,3-9H2. The molecule has 1 aliphatic heterocycles. The van der Waals surface area contributed by atoms with Crippen molar-refractivity contribution >= 4 is 0 Å². The smallest absolute Gasteiger partial charge is 0.0652 e. The minimum Gasteiger partial charge on any atom is -0.314 e. The van der Waals surface area contributed by atoms with Crippen LogP contribution in [0.1, 0.15) is 0 Å². The van der Waals surface area contributed by atoms with Gasteiger partial charge >= 0.3 is 0 Å². The van der Waals surface area contributed by atoms with Crippen LogP contribution in [0.25, 0.3) is 0 Å². The van der Waals surface area contributed by atoms with Gasteiger partial charge in [0.15, 0.2) is 0 Å². The summed E-state index contributed by atoms with van der Waals surface area (Å²) < 4.78 is 0. The fraction of sp³-hybridized carbons (Fsp3) is 0.800. The molecule has 4 N–H and O–H groups in total. The second kappa shape index (κ2) is 7.78. The molecule has 0 aromatic carbocycles. The van der Waals surface area contributed by atoms with Gasteiger partial charge in [0.25, 0.3) is 0 Å². The van der Waals surface area contributed by atoms with Crippen LogP contribution in [-0.2, 0) is 0 Å². The first-order valence-corrected chi connectivity index (χ1v) is 5.55. The van der Waals surface area contributed by atoms with E-state index in [2.05, 4.69) is 22.5 Å². The van der Waals surface area contributed by atoms with Gasteiger partial charge < -0.3 is 21.2 Å². The lowest BCUT2D eigenvalue weighted by molar-refractivity contribution is -0.111. The van der Waals surface area contributed by atoms with Crippen LogP contribution >= 0.6 is 0 Å². The number of rotatable bonds is 1. The van der Waals surface area contributed by atoms with Crippen LogP contribution in [0.4, 0.5) is 0 Å². The third-order valence-corrected chi connectivity index (χ3v) is 2.48. The first-order valence-electron chi connectivity index (χ1n) is 5.55. The van der Waals surface area contributed by atoms with Gasteiger partial charge in [-0.3, -0.25) is 0 Å². The lowest BCUT2D eigenvalue weighted by Crippen LogP contribution is -2.45. The van der Waals surface area contributed by atoms with E-state index in [1.165, 1.54) is 5.06 Å². The number of hydroxylamine groups is 2.